The largest absolute Gasteiger partial charge is 0.494 e. The Kier molecular flexibility index (Phi) is 5.71. The number of nitro groups is 1. The number of anilines is 1. The molecule has 0 unspecified atom stereocenters. The summed E-state index contributed by atoms with van der Waals surface area (Å²) >= 11 is 1.22. The molecule has 1 aliphatic heterocycles. The molecule has 0 spiro atoms. The molecule has 0 bridgehead atoms. The van der Waals surface area contributed by atoms with Gasteiger partial charge in [0.05, 0.1) is 45.4 Å². The summed E-state index contributed by atoms with van der Waals surface area (Å²) in [5.74, 6) is -2.62. The number of nitrogens with zero attached hydrogens (tertiary/aromatic N) is 2. The van der Waals surface area contributed by atoms with Gasteiger partial charge in [-0.25, -0.2) is 9.69 Å². The quantitative estimate of drug-likeness (QED) is 0.170. The van der Waals surface area contributed by atoms with E-state index in [2.05, 4.69) is 0 Å². The zero-order chi connectivity index (χ0) is 23.7. The number of ketones is 1. The van der Waals surface area contributed by atoms with Crippen LogP contribution >= 0.6 is 11.3 Å². The Hall–Kier alpha value is -4.38. The average Bonchev–Trinajstić information content (AvgIpc) is 3.44. The molecule has 2 aromatic carbocycles. The maximum absolute atomic E-state index is 13.0. The van der Waals surface area contributed by atoms with Crippen molar-refractivity contribution in [3.8, 4) is 5.75 Å². The number of rotatable bonds is 7. The molecule has 1 aromatic heterocycles. The van der Waals surface area contributed by atoms with E-state index in [1.165, 1.54) is 42.7 Å². The number of hydrogen-bond acceptors (Lipinski definition) is 9. The summed E-state index contributed by atoms with van der Waals surface area (Å²) in [5.41, 5.74) is -0.244. The van der Waals surface area contributed by atoms with Crippen molar-refractivity contribution < 1.29 is 33.6 Å². The molecule has 3 aromatic rings. The number of ether oxygens (including phenoxy) is 2. The molecule has 33 heavy (non-hydrogen) atoms. The van der Waals surface area contributed by atoms with Crippen molar-refractivity contribution in [3.63, 3.8) is 0 Å². The summed E-state index contributed by atoms with van der Waals surface area (Å²) < 4.78 is 10.2. The van der Waals surface area contributed by atoms with Crippen LogP contribution in [0.1, 0.15) is 40.7 Å². The van der Waals surface area contributed by atoms with Crippen LogP contribution in [0.15, 0.2) is 53.9 Å². The Morgan fingerprint density at radius 3 is 2.48 bits per heavy atom. The molecule has 10 nitrogen and oxygen atoms in total. The van der Waals surface area contributed by atoms with E-state index in [-0.39, 0.29) is 39.6 Å². The van der Waals surface area contributed by atoms with Gasteiger partial charge in [-0.3, -0.25) is 24.5 Å². The lowest BCUT2D eigenvalue weighted by Crippen LogP contribution is -2.29. The summed E-state index contributed by atoms with van der Waals surface area (Å²) in [6.45, 7) is -0.463. The highest BCUT2D eigenvalue weighted by Gasteiger charge is 2.39. The monoisotopic (exact) mass is 466 g/mol. The first kappa shape index (κ1) is 21.8. The van der Waals surface area contributed by atoms with Gasteiger partial charge in [-0.05, 0) is 35.7 Å². The molecule has 0 aliphatic carbocycles. The zero-order valence-electron chi connectivity index (χ0n) is 17.0. The maximum Gasteiger partial charge on any atom is 0.338 e. The fourth-order valence-electron chi connectivity index (χ4n) is 3.27. The minimum atomic E-state index is -0.825. The summed E-state index contributed by atoms with van der Waals surface area (Å²) in [6.07, 6.45) is 0. The van der Waals surface area contributed by atoms with Crippen LogP contribution in [0.25, 0.3) is 0 Å². The number of esters is 1. The Balaban J connectivity index is 1.58. The van der Waals surface area contributed by atoms with Gasteiger partial charge in [0.2, 0.25) is 5.78 Å². The lowest BCUT2D eigenvalue weighted by molar-refractivity contribution is -0.384. The number of imide groups is 1. The van der Waals surface area contributed by atoms with E-state index in [1.54, 1.807) is 17.5 Å². The van der Waals surface area contributed by atoms with Gasteiger partial charge in [0.15, 0.2) is 6.61 Å². The molecule has 166 valence electrons. The number of amides is 2. The van der Waals surface area contributed by atoms with Gasteiger partial charge in [-0.2, -0.15) is 0 Å². The number of benzene rings is 2. The van der Waals surface area contributed by atoms with Crippen LogP contribution in [0.2, 0.25) is 0 Å². The van der Waals surface area contributed by atoms with Crippen LogP contribution in [0, 0.1) is 10.1 Å². The van der Waals surface area contributed by atoms with E-state index >= 15 is 0 Å². The second kappa shape index (κ2) is 8.63. The third-order valence-corrected chi connectivity index (χ3v) is 5.78. The van der Waals surface area contributed by atoms with Crippen molar-refractivity contribution in [3.05, 3.63) is 85.6 Å². The SMILES string of the molecule is COc1cc([N+](=O)[O-])ccc1N1C(=O)c2ccc(C(=O)OCC(=O)c3cccs3)cc2C1=O. The number of hydrogen-bond donors (Lipinski definition) is 0. The molecular weight excluding hydrogens is 452 g/mol. The van der Waals surface area contributed by atoms with Gasteiger partial charge in [0, 0.05) is 6.07 Å². The van der Waals surface area contributed by atoms with Crippen LogP contribution < -0.4 is 9.64 Å². The van der Waals surface area contributed by atoms with Gasteiger partial charge >= 0.3 is 5.97 Å². The number of carbonyl (C=O) groups excluding carboxylic acids is 4. The second-order valence-corrected chi connectivity index (χ2v) is 7.74. The van der Waals surface area contributed by atoms with E-state index in [0.29, 0.717) is 4.88 Å². The van der Waals surface area contributed by atoms with Crippen molar-refractivity contribution in [2.24, 2.45) is 0 Å². The van der Waals surface area contributed by atoms with Crippen molar-refractivity contribution in [1.82, 2.24) is 0 Å². The third-order valence-electron chi connectivity index (χ3n) is 4.87. The summed E-state index contributed by atoms with van der Waals surface area (Å²) in [4.78, 5) is 62.0. The van der Waals surface area contributed by atoms with Gasteiger partial charge in [-0.1, -0.05) is 6.07 Å². The molecule has 0 atom stereocenters. The molecule has 0 fully saturated rings. The number of fused-ring (bicyclic) bond motifs is 1. The smallest absolute Gasteiger partial charge is 0.338 e. The van der Waals surface area contributed by atoms with E-state index in [9.17, 15) is 29.3 Å². The summed E-state index contributed by atoms with van der Waals surface area (Å²) in [6, 6.07) is 10.6. The Morgan fingerprint density at radius 2 is 1.82 bits per heavy atom. The number of thiophene rings is 1. The zero-order valence-corrected chi connectivity index (χ0v) is 17.8. The van der Waals surface area contributed by atoms with E-state index in [0.717, 1.165) is 17.0 Å². The lowest BCUT2D eigenvalue weighted by atomic mass is 10.1. The average molecular weight is 466 g/mol. The molecule has 0 N–H and O–H groups in total. The number of Topliss-reactive ketones (excluding diaryl/α,β-unsaturated/α-hetero) is 1. The van der Waals surface area contributed by atoms with E-state index in [4.69, 9.17) is 9.47 Å². The van der Waals surface area contributed by atoms with Crippen LogP contribution in [0.5, 0.6) is 5.75 Å². The Morgan fingerprint density at radius 1 is 1.06 bits per heavy atom. The predicted molar refractivity (Wildman–Crippen MR) is 116 cm³/mol. The minimum absolute atomic E-state index is 0.00797. The molecule has 11 heteroatoms. The van der Waals surface area contributed by atoms with Gasteiger partial charge < -0.3 is 9.47 Å². The number of methoxy groups -OCH3 is 1. The van der Waals surface area contributed by atoms with Crippen LogP contribution in [-0.4, -0.2) is 42.2 Å². The molecule has 0 saturated carbocycles. The highest BCUT2D eigenvalue weighted by Crippen LogP contribution is 2.37. The third kappa shape index (κ3) is 3.96. The fourth-order valence-corrected chi connectivity index (χ4v) is 3.93. The van der Waals surface area contributed by atoms with Gasteiger partial charge in [0.25, 0.3) is 17.5 Å². The van der Waals surface area contributed by atoms with E-state index in [1.807, 2.05) is 0 Å². The molecule has 2 heterocycles. The first-order valence-corrected chi connectivity index (χ1v) is 10.3. The predicted octanol–water partition coefficient (Wildman–Crippen LogP) is 3.51. The van der Waals surface area contributed by atoms with Crippen LogP contribution in [-0.2, 0) is 4.74 Å². The molecule has 2 amide bonds. The minimum Gasteiger partial charge on any atom is -0.494 e. The van der Waals surface area contributed by atoms with Crippen molar-refractivity contribution >= 4 is 46.3 Å². The van der Waals surface area contributed by atoms with Crippen molar-refractivity contribution in [2.75, 3.05) is 18.6 Å². The highest BCUT2D eigenvalue weighted by atomic mass is 32.1. The number of carbonyl (C=O) groups is 4. The topological polar surface area (TPSA) is 133 Å². The highest BCUT2D eigenvalue weighted by molar-refractivity contribution is 7.12. The first-order valence-electron chi connectivity index (χ1n) is 9.41. The fraction of sp³-hybridized carbons (Fsp3) is 0.0909. The summed E-state index contributed by atoms with van der Waals surface area (Å²) in [5, 5.41) is 12.7. The second-order valence-electron chi connectivity index (χ2n) is 6.80. The van der Waals surface area contributed by atoms with Crippen LogP contribution in [0.4, 0.5) is 11.4 Å². The number of non-ortho nitro benzene ring substituents is 1. The molecule has 4 rings (SSSR count). The van der Waals surface area contributed by atoms with Gasteiger partial charge in [-0.15, -0.1) is 11.3 Å². The number of nitro benzene ring substituents is 1. The van der Waals surface area contributed by atoms with E-state index < -0.39 is 29.3 Å². The molecule has 0 radical (unpaired) electrons. The Bertz CT molecular complexity index is 1320. The Labute approximate surface area is 190 Å². The summed E-state index contributed by atoms with van der Waals surface area (Å²) in [7, 11) is 1.26. The molecule has 0 saturated heterocycles. The lowest BCUT2D eigenvalue weighted by Gasteiger charge is -2.16. The van der Waals surface area contributed by atoms with Crippen molar-refractivity contribution in [2.45, 2.75) is 0 Å². The maximum atomic E-state index is 13.0. The molecule has 1 aliphatic rings. The first-order chi connectivity index (χ1) is 15.8. The standard InChI is InChI=1S/C22H14N2O8S/c1-31-18-10-13(24(29)30)5-7-16(18)23-20(26)14-6-4-12(9-15(14)21(23)27)22(28)32-11-17(25)19-3-2-8-33-19/h2-10H,11H2,1H3. The van der Waals surface area contributed by atoms with Crippen molar-refractivity contribution in [1.29, 1.82) is 0 Å². The molecular formula is C22H14N2O8S. The normalized spacial score (nSPS) is 12.5. The van der Waals surface area contributed by atoms with Gasteiger partial charge in [0.1, 0.15) is 5.75 Å². The van der Waals surface area contributed by atoms with Crippen LogP contribution in [0.3, 0.4) is 0 Å².